The summed E-state index contributed by atoms with van der Waals surface area (Å²) in [5, 5.41) is 8.46. The summed E-state index contributed by atoms with van der Waals surface area (Å²) in [5.74, 6) is -0.644. The summed E-state index contributed by atoms with van der Waals surface area (Å²) in [6.45, 7) is 1.13. The second-order valence-electron chi connectivity index (χ2n) is 3.37. The Labute approximate surface area is 81.3 Å². The molecule has 1 aliphatic carbocycles. The molecule has 5 nitrogen and oxygen atoms in total. The van der Waals surface area contributed by atoms with E-state index in [0.29, 0.717) is 26.1 Å². The lowest BCUT2D eigenvalue weighted by Gasteiger charge is -2.31. The maximum atomic E-state index is 10.3. The lowest BCUT2D eigenvalue weighted by atomic mass is 9.98. The van der Waals surface area contributed by atoms with Crippen LogP contribution >= 0.6 is 0 Å². The van der Waals surface area contributed by atoms with Crippen molar-refractivity contribution >= 4 is 6.16 Å². The molecule has 0 aromatic heterocycles. The van der Waals surface area contributed by atoms with Crippen molar-refractivity contribution in [3.8, 4) is 0 Å². The Morgan fingerprint density at radius 1 is 1.50 bits per heavy atom. The minimum absolute atomic E-state index is 0.440. The summed E-state index contributed by atoms with van der Waals surface area (Å²) in [5.41, 5.74) is 0. The summed E-state index contributed by atoms with van der Waals surface area (Å²) in [7, 11) is 0. The predicted octanol–water partition coefficient (Wildman–Crippen LogP) is 1.14. The molecule has 5 heteroatoms. The quantitative estimate of drug-likeness (QED) is 0.508. The zero-order valence-electron chi connectivity index (χ0n) is 7.64. The third-order valence-corrected chi connectivity index (χ3v) is 2.36. The highest BCUT2D eigenvalue weighted by atomic mass is 16.7. The maximum Gasteiger partial charge on any atom is 0.506 e. The molecule has 1 N–H and O–H groups in total. The lowest BCUT2D eigenvalue weighted by Crippen LogP contribution is -2.37. The van der Waals surface area contributed by atoms with Gasteiger partial charge in [0.25, 0.3) is 0 Å². The van der Waals surface area contributed by atoms with Gasteiger partial charge in [-0.3, -0.25) is 0 Å². The molecule has 0 radical (unpaired) electrons. The monoisotopic (exact) mass is 200 g/mol. The van der Waals surface area contributed by atoms with Crippen molar-refractivity contribution in [1.82, 2.24) is 0 Å². The van der Waals surface area contributed by atoms with E-state index in [4.69, 9.17) is 14.6 Å². The van der Waals surface area contributed by atoms with Crippen molar-refractivity contribution in [3.05, 3.63) is 12.2 Å². The standard InChI is InChI=1S/C9H12O5/c10-8(11)14-7-2-1-3-9(6-7)12-4-5-13-9/h1-2,7H,3-6H2,(H,10,11). The number of hydrogen-bond donors (Lipinski definition) is 1. The fourth-order valence-corrected chi connectivity index (χ4v) is 1.80. The van der Waals surface area contributed by atoms with Crippen molar-refractivity contribution in [1.29, 1.82) is 0 Å². The van der Waals surface area contributed by atoms with Crippen LogP contribution in [-0.2, 0) is 14.2 Å². The van der Waals surface area contributed by atoms with Gasteiger partial charge in [0.1, 0.15) is 6.10 Å². The van der Waals surface area contributed by atoms with E-state index >= 15 is 0 Å². The molecule has 78 valence electrons. The molecule has 0 amide bonds. The molecule has 1 saturated heterocycles. The van der Waals surface area contributed by atoms with Crippen LogP contribution in [0.2, 0.25) is 0 Å². The summed E-state index contributed by atoms with van der Waals surface area (Å²) in [6, 6.07) is 0. The molecule has 0 aromatic rings. The fourth-order valence-electron chi connectivity index (χ4n) is 1.80. The first kappa shape index (κ1) is 9.48. The number of ether oxygens (including phenoxy) is 3. The first-order valence-electron chi connectivity index (χ1n) is 4.54. The second kappa shape index (κ2) is 3.59. The van der Waals surface area contributed by atoms with Crippen LogP contribution in [0, 0.1) is 0 Å². The van der Waals surface area contributed by atoms with Gasteiger partial charge in [-0.05, 0) is 6.08 Å². The van der Waals surface area contributed by atoms with E-state index in [1.807, 2.05) is 6.08 Å². The average molecular weight is 200 g/mol. The lowest BCUT2D eigenvalue weighted by molar-refractivity contribution is -0.174. The highest BCUT2D eigenvalue weighted by molar-refractivity contribution is 5.57. The van der Waals surface area contributed by atoms with Gasteiger partial charge in [0, 0.05) is 12.8 Å². The normalized spacial score (nSPS) is 29.3. The molecule has 1 heterocycles. The summed E-state index contributed by atoms with van der Waals surface area (Å²) in [6.07, 6.45) is 2.93. The Morgan fingerprint density at radius 3 is 2.86 bits per heavy atom. The largest absolute Gasteiger partial charge is 0.506 e. The topological polar surface area (TPSA) is 65.0 Å². The summed E-state index contributed by atoms with van der Waals surface area (Å²) < 4.78 is 15.5. The zero-order chi connectivity index (χ0) is 10.0. The smallest absolute Gasteiger partial charge is 0.450 e. The van der Waals surface area contributed by atoms with Gasteiger partial charge in [-0.25, -0.2) is 4.79 Å². The van der Waals surface area contributed by atoms with Gasteiger partial charge in [-0.2, -0.15) is 0 Å². The predicted molar refractivity (Wildman–Crippen MR) is 45.9 cm³/mol. The van der Waals surface area contributed by atoms with Crippen molar-refractivity contribution in [3.63, 3.8) is 0 Å². The van der Waals surface area contributed by atoms with Gasteiger partial charge in [0.15, 0.2) is 5.79 Å². The molecule has 14 heavy (non-hydrogen) atoms. The van der Waals surface area contributed by atoms with Crippen LogP contribution in [0.25, 0.3) is 0 Å². The van der Waals surface area contributed by atoms with Crippen LogP contribution < -0.4 is 0 Å². The van der Waals surface area contributed by atoms with Crippen molar-refractivity contribution in [2.75, 3.05) is 13.2 Å². The molecule has 1 unspecified atom stereocenters. The van der Waals surface area contributed by atoms with Crippen LogP contribution in [-0.4, -0.2) is 36.4 Å². The van der Waals surface area contributed by atoms with Crippen molar-refractivity contribution in [2.45, 2.75) is 24.7 Å². The van der Waals surface area contributed by atoms with Gasteiger partial charge in [-0.1, -0.05) is 6.08 Å². The zero-order valence-corrected chi connectivity index (χ0v) is 7.64. The summed E-state index contributed by atoms with van der Waals surface area (Å²) in [4.78, 5) is 10.3. The van der Waals surface area contributed by atoms with Gasteiger partial charge in [-0.15, -0.1) is 0 Å². The van der Waals surface area contributed by atoms with E-state index in [-0.39, 0.29) is 0 Å². The van der Waals surface area contributed by atoms with E-state index in [1.54, 1.807) is 6.08 Å². The minimum atomic E-state index is -1.27. The van der Waals surface area contributed by atoms with E-state index < -0.39 is 18.0 Å². The number of rotatable bonds is 1. The SMILES string of the molecule is O=C(O)OC1C=CCC2(C1)OCCO2. The van der Waals surface area contributed by atoms with E-state index in [0.717, 1.165) is 0 Å². The molecule has 0 bridgehead atoms. The molecule has 0 aromatic carbocycles. The molecule has 2 aliphatic rings. The highest BCUT2D eigenvalue weighted by Crippen LogP contribution is 2.33. The number of carboxylic acid groups (broad SMARTS) is 1. The van der Waals surface area contributed by atoms with Gasteiger partial charge in [0.2, 0.25) is 0 Å². The molecule has 1 aliphatic heterocycles. The molecule has 1 atom stereocenters. The minimum Gasteiger partial charge on any atom is -0.450 e. The second-order valence-corrected chi connectivity index (χ2v) is 3.37. The third-order valence-electron chi connectivity index (χ3n) is 2.36. The highest BCUT2D eigenvalue weighted by Gasteiger charge is 2.40. The van der Waals surface area contributed by atoms with Gasteiger partial charge < -0.3 is 19.3 Å². The molecular weight excluding hydrogens is 188 g/mol. The van der Waals surface area contributed by atoms with Gasteiger partial charge in [0.05, 0.1) is 13.2 Å². The van der Waals surface area contributed by atoms with Crippen molar-refractivity contribution < 1.29 is 24.1 Å². The molecule has 1 spiro atoms. The third kappa shape index (κ3) is 1.88. The van der Waals surface area contributed by atoms with Crippen LogP contribution in [0.1, 0.15) is 12.8 Å². The fraction of sp³-hybridized carbons (Fsp3) is 0.667. The molecule has 1 fully saturated rings. The Kier molecular flexibility index (Phi) is 2.43. The Balaban J connectivity index is 1.99. The first-order valence-corrected chi connectivity index (χ1v) is 4.54. The van der Waals surface area contributed by atoms with Gasteiger partial charge >= 0.3 is 6.16 Å². The Hall–Kier alpha value is -1.07. The number of carbonyl (C=O) groups is 1. The average Bonchev–Trinajstić information content (AvgIpc) is 2.52. The molecule has 2 rings (SSSR count). The van der Waals surface area contributed by atoms with Crippen LogP contribution in [0.3, 0.4) is 0 Å². The van der Waals surface area contributed by atoms with E-state index in [9.17, 15) is 4.79 Å². The molecular formula is C9H12O5. The first-order chi connectivity index (χ1) is 6.70. The Morgan fingerprint density at radius 2 is 2.21 bits per heavy atom. The molecule has 0 saturated carbocycles. The van der Waals surface area contributed by atoms with Crippen molar-refractivity contribution in [2.24, 2.45) is 0 Å². The van der Waals surface area contributed by atoms with E-state index in [1.165, 1.54) is 0 Å². The van der Waals surface area contributed by atoms with Crippen LogP contribution in [0.15, 0.2) is 12.2 Å². The van der Waals surface area contributed by atoms with Crippen LogP contribution in [0.5, 0.6) is 0 Å². The summed E-state index contributed by atoms with van der Waals surface area (Å²) >= 11 is 0. The Bertz CT molecular complexity index is 254. The van der Waals surface area contributed by atoms with Crippen LogP contribution in [0.4, 0.5) is 4.79 Å². The maximum absolute atomic E-state index is 10.3. The van der Waals surface area contributed by atoms with E-state index in [2.05, 4.69) is 4.74 Å². The number of hydrogen-bond acceptors (Lipinski definition) is 4.